The van der Waals surface area contributed by atoms with E-state index in [0.717, 1.165) is 67.1 Å². The lowest BCUT2D eigenvalue weighted by molar-refractivity contribution is 0.0595. The summed E-state index contributed by atoms with van der Waals surface area (Å²) >= 11 is 9.97. The number of aromatic nitrogens is 2. The number of hydrogen-bond acceptors (Lipinski definition) is 3. The number of esters is 1. The van der Waals surface area contributed by atoms with Crippen molar-refractivity contribution in [3.05, 3.63) is 74.8 Å². The summed E-state index contributed by atoms with van der Waals surface area (Å²) in [6.07, 6.45) is 7.19. The van der Waals surface area contributed by atoms with Crippen LogP contribution < -0.4 is 5.32 Å². The number of allylic oxidation sites excluding steroid dienone is 1. The number of methoxy groups -OCH3 is 1. The second-order valence-corrected chi connectivity index (χ2v) is 8.66. The van der Waals surface area contributed by atoms with Crippen molar-refractivity contribution >= 4 is 50.8 Å². The average Bonchev–Trinajstić information content (AvgIpc) is 3.41. The summed E-state index contributed by atoms with van der Waals surface area (Å²) in [6.45, 7) is 8.46. The van der Waals surface area contributed by atoms with E-state index in [4.69, 9.17) is 16.3 Å². The SMILES string of the molecule is C=C(c1cc(Br)ccc1NC)c1c[nH]c(C(=O)OC)c1-c1c[nH]c(CC)c1/C=C(/Cl)CC. The number of halogens is 2. The van der Waals surface area contributed by atoms with Crippen molar-refractivity contribution in [2.24, 2.45) is 0 Å². The van der Waals surface area contributed by atoms with Gasteiger partial charge in [0.15, 0.2) is 0 Å². The number of carbonyl (C=O) groups is 1. The van der Waals surface area contributed by atoms with Crippen LogP contribution in [0.4, 0.5) is 5.69 Å². The standard InChI is InChI=1S/C25H27BrClN3O2/c1-6-16(27)11-18-20(13-29-21(18)7-2)23-19(12-30-24(23)25(31)32-5)14(3)17-10-15(26)8-9-22(17)28-4/h8-13,28-30H,3,6-7H2,1-2,4-5H3/b16-11+. The molecule has 0 saturated carbocycles. The van der Waals surface area contributed by atoms with Crippen LogP contribution >= 0.6 is 27.5 Å². The van der Waals surface area contributed by atoms with E-state index in [1.54, 1.807) is 6.20 Å². The highest BCUT2D eigenvalue weighted by molar-refractivity contribution is 9.10. The zero-order valence-electron chi connectivity index (χ0n) is 18.7. The Morgan fingerprint density at radius 1 is 1.25 bits per heavy atom. The molecule has 3 aromatic rings. The first-order valence-corrected chi connectivity index (χ1v) is 11.6. The highest BCUT2D eigenvalue weighted by atomic mass is 79.9. The molecule has 0 radical (unpaired) electrons. The molecular weight excluding hydrogens is 490 g/mol. The van der Waals surface area contributed by atoms with E-state index in [-0.39, 0.29) is 0 Å². The lowest BCUT2D eigenvalue weighted by Crippen LogP contribution is -2.04. The zero-order chi connectivity index (χ0) is 23.4. The molecule has 2 aromatic heterocycles. The van der Waals surface area contributed by atoms with Crippen LogP contribution in [0.5, 0.6) is 0 Å². The van der Waals surface area contributed by atoms with Gasteiger partial charge in [0.25, 0.3) is 0 Å². The normalized spacial score (nSPS) is 11.5. The van der Waals surface area contributed by atoms with Crippen molar-refractivity contribution < 1.29 is 9.53 Å². The minimum absolute atomic E-state index is 0.369. The van der Waals surface area contributed by atoms with E-state index in [1.165, 1.54) is 7.11 Å². The lowest BCUT2D eigenvalue weighted by Gasteiger charge is -2.14. The third-order valence-corrected chi connectivity index (χ3v) is 6.31. The van der Waals surface area contributed by atoms with Gasteiger partial charge in [0.2, 0.25) is 0 Å². The highest BCUT2D eigenvalue weighted by Gasteiger charge is 2.25. The van der Waals surface area contributed by atoms with E-state index in [9.17, 15) is 4.79 Å². The predicted octanol–water partition coefficient (Wildman–Crippen LogP) is 7.21. The van der Waals surface area contributed by atoms with Gasteiger partial charge in [-0.25, -0.2) is 4.79 Å². The van der Waals surface area contributed by atoms with Crippen LogP contribution in [0.1, 0.15) is 53.1 Å². The average molecular weight is 517 g/mol. The van der Waals surface area contributed by atoms with E-state index in [0.29, 0.717) is 5.69 Å². The zero-order valence-corrected chi connectivity index (χ0v) is 21.0. The quantitative estimate of drug-likeness (QED) is 0.277. The molecule has 0 fully saturated rings. The molecule has 0 aliphatic carbocycles. The Labute approximate surface area is 202 Å². The fourth-order valence-corrected chi connectivity index (χ4v) is 4.20. The molecular formula is C25H27BrClN3O2. The topological polar surface area (TPSA) is 69.9 Å². The molecule has 3 rings (SSSR count). The Hall–Kier alpha value is -2.70. The predicted molar refractivity (Wildman–Crippen MR) is 137 cm³/mol. The maximum Gasteiger partial charge on any atom is 0.355 e. The molecule has 0 unspecified atom stereocenters. The number of nitrogens with one attached hydrogen (secondary N) is 3. The molecule has 32 heavy (non-hydrogen) atoms. The van der Waals surface area contributed by atoms with Crippen molar-refractivity contribution in [2.45, 2.75) is 26.7 Å². The van der Waals surface area contributed by atoms with Crippen LogP contribution in [-0.4, -0.2) is 30.1 Å². The van der Waals surface area contributed by atoms with Gasteiger partial charge in [-0.2, -0.15) is 0 Å². The second kappa shape index (κ2) is 10.3. The molecule has 3 N–H and O–H groups in total. The van der Waals surface area contributed by atoms with Gasteiger partial charge in [0, 0.05) is 68.1 Å². The van der Waals surface area contributed by atoms with Crippen LogP contribution in [0.15, 0.2) is 46.7 Å². The van der Waals surface area contributed by atoms with Crippen LogP contribution in [-0.2, 0) is 11.2 Å². The number of benzene rings is 1. The summed E-state index contributed by atoms with van der Waals surface area (Å²) in [5.41, 5.74) is 7.40. The summed E-state index contributed by atoms with van der Waals surface area (Å²) in [5.74, 6) is -0.446. The molecule has 5 nitrogen and oxygen atoms in total. The fraction of sp³-hybridized carbons (Fsp3) is 0.240. The number of ether oxygens (including phenoxy) is 1. The lowest BCUT2D eigenvalue weighted by atomic mass is 9.91. The molecule has 7 heteroatoms. The Morgan fingerprint density at radius 3 is 2.62 bits per heavy atom. The Morgan fingerprint density at radius 2 is 2.00 bits per heavy atom. The van der Waals surface area contributed by atoms with E-state index in [1.807, 2.05) is 44.4 Å². The Kier molecular flexibility index (Phi) is 7.69. The van der Waals surface area contributed by atoms with Gasteiger partial charge in [-0.3, -0.25) is 0 Å². The third-order valence-electron chi connectivity index (χ3n) is 5.44. The van der Waals surface area contributed by atoms with Crippen molar-refractivity contribution in [2.75, 3.05) is 19.5 Å². The van der Waals surface area contributed by atoms with Crippen molar-refractivity contribution in [1.29, 1.82) is 0 Å². The van der Waals surface area contributed by atoms with Crippen LogP contribution in [0.2, 0.25) is 0 Å². The fourth-order valence-electron chi connectivity index (χ4n) is 3.73. The molecule has 0 bridgehead atoms. The highest BCUT2D eigenvalue weighted by Crippen LogP contribution is 2.40. The number of aromatic amines is 2. The van der Waals surface area contributed by atoms with Gasteiger partial charge in [0.1, 0.15) is 5.69 Å². The maximum atomic E-state index is 12.7. The summed E-state index contributed by atoms with van der Waals surface area (Å²) < 4.78 is 6.00. The first kappa shape index (κ1) is 24.0. The Balaban J connectivity index is 2.30. The summed E-state index contributed by atoms with van der Waals surface area (Å²) in [5, 5.41) is 3.95. The van der Waals surface area contributed by atoms with Gasteiger partial charge in [0.05, 0.1) is 7.11 Å². The number of carbonyl (C=O) groups excluding carboxylic acids is 1. The summed E-state index contributed by atoms with van der Waals surface area (Å²) in [4.78, 5) is 19.1. The van der Waals surface area contributed by atoms with Crippen LogP contribution in [0, 0.1) is 0 Å². The largest absolute Gasteiger partial charge is 0.464 e. The Bertz CT molecular complexity index is 1190. The summed E-state index contributed by atoms with van der Waals surface area (Å²) in [6, 6.07) is 5.96. The first-order valence-electron chi connectivity index (χ1n) is 10.4. The molecule has 168 valence electrons. The van der Waals surface area contributed by atoms with E-state index >= 15 is 0 Å². The molecule has 0 aliphatic heterocycles. The van der Waals surface area contributed by atoms with E-state index < -0.39 is 5.97 Å². The molecule has 0 spiro atoms. The maximum absolute atomic E-state index is 12.7. The number of rotatable bonds is 8. The minimum atomic E-state index is -0.446. The molecule has 0 aliphatic rings. The van der Waals surface area contributed by atoms with Crippen molar-refractivity contribution in [3.63, 3.8) is 0 Å². The second-order valence-electron chi connectivity index (χ2n) is 7.26. The van der Waals surface area contributed by atoms with Gasteiger partial charge in [-0.05, 0) is 42.7 Å². The van der Waals surface area contributed by atoms with Crippen LogP contribution in [0.25, 0.3) is 22.8 Å². The van der Waals surface area contributed by atoms with Gasteiger partial charge in [-0.1, -0.05) is 48.0 Å². The van der Waals surface area contributed by atoms with E-state index in [2.05, 4.69) is 44.7 Å². The molecule has 2 heterocycles. The number of aryl methyl sites for hydroxylation is 1. The van der Waals surface area contributed by atoms with Crippen molar-refractivity contribution in [1.82, 2.24) is 9.97 Å². The smallest absolute Gasteiger partial charge is 0.355 e. The monoisotopic (exact) mass is 515 g/mol. The van der Waals surface area contributed by atoms with Gasteiger partial charge < -0.3 is 20.0 Å². The first-order chi connectivity index (χ1) is 15.4. The van der Waals surface area contributed by atoms with Gasteiger partial charge >= 0.3 is 5.97 Å². The third kappa shape index (κ3) is 4.57. The number of hydrogen-bond donors (Lipinski definition) is 3. The number of H-pyrrole nitrogens is 2. The molecule has 0 amide bonds. The molecule has 0 saturated heterocycles. The number of anilines is 1. The molecule has 1 aromatic carbocycles. The van der Waals surface area contributed by atoms with Crippen LogP contribution in [0.3, 0.4) is 0 Å². The molecule has 0 atom stereocenters. The van der Waals surface area contributed by atoms with Gasteiger partial charge in [-0.15, -0.1) is 0 Å². The van der Waals surface area contributed by atoms with Crippen molar-refractivity contribution in [3.8, 4) is 11.1 Å². The minimum Gasteiger partial charge on any atom is -0.464 e. The summed E-state index contributed by atoms with van der Waals surface area (Å²) in [7, 11) is 3.24.